The van der Waals surface area contributed by atoms with E-state index in [2.05, 4.69) is 10.3 Å². The Labute approximate surface area is 153 Å². The Morgan fingerprint density at radius 1 is 1.19 bits per heavy atom. The van der Waals surface area contributed by atoms with Crippen molar-refractivity contribution in [3.8, 4) is 0 Å². The number of aromatic carboxylic acids is 1. The van der Waals surface area contributed by atoms with Crippen LogP contribution >= 0.6 is 0 Å². The van der Waals surface area contributed by atoms with Gasteiger partial charge in [-0.15, -0.1) is 0 Å². The summed E-state index contributed by atoms with van der Waals surface area (Å²) >= 11 is 0. The van der Waals surface area contributed by atoms with Crippen molar-refractivity contribution in [3.05, 3.63) is 60.0 Å². The highest BCUT2D eigenvalue weighted by Gasteiger charge is 2.24. The van der Waals surface area contributed by atoms with Crippen LogP contribution in [0.15, 0.2) is 53.3 Å². The van der Waals surface area contributed by atoms with Crippen LogP contribution in [-0.2, 0) is 9.53 Å². The third-order valence-electron chi connectivity index (χ3n) is 3.89. The maximum absolute atomic E-state index is 12.5. The Morgan fingerprint density at radius 3 is 2.59 bits per heavy atom. The zero-order valence-corrected chi connectivity index (χ0v) is 14.3. The summed E-state index contributed by atoms with van der Waals surface area (Å²) in [5.74, 6) is -2.26. The second kappa shape index (κ2) is 7.69. The van der Waals surface area contributed by atoms with Gasteiger partial charge in [-0.2, -0.15) is 0 Å². The molecule has 0 saturated heterocycles. The number of hydrogen-bond acceptors (Lipinski definition) is 6. The summed E-state index contributed by atoms with van der Waals surface area (Å²) in [6.45, 7) is 1.71. The zero-order chi connectivity index (χ0) is 19.4. The minimum atomic E-state index is -1.06. The largest absolute Gasteiger partial charge is 0.478 e. The molecule has 8 heteroatoms. The number of esters is 1. The summed E-state index contributed by atoms with van der Waals surface area (Å²) in [5, 5.41) is 11.5. The topological polar surface area (TPSA) is 119 Å². The number of carbonyl (C=O) groups excluding carboxylic acids is 2. The van der Waals surface area contributed by atoms with Crippen LogP contribution in [0.2, 0.25) is 0 Å². The number of oxazole rings is 1. The SMILES string of the molecule is CCC(OC(=O)c1cccc2ocnc12)C(=O)Nc1ccc(C(=O)O)cc1. The number of carboxylic acids is 1. The number of carboxylic acid groups (broad SMARTS) is 1. The number of nitrogens with zero attached hydrogens (tertiary/aromatic N) is 1. The molecule has 27 heavy (non-hydrogen) atoms. The Balaban J connectivity index is 1.70. The lowest BCUT2D eigenvalue weighted by atomic mass is 10.2. The first kappa shape index (κ1) is 18.1. The molecule has 8 nitrogen and oxygen atoms in total. The molecule has 0 bridgehead atoms. The van der Waals surface area contributed by atoms with E-state index in [1.807, 2.05) is 0 Å². The maximum atomic E-state index is 12.5. The van der Waals surface area contributed by atoms with Crippen LogP contribution in [0.4, 0.5) is 5.69 Å². The van der Waals surface area contributed by atoms with Crippen LogP contribution in [0, 0.1) is 0 Å². The van der Waals surface area contributed by atoms with Crippen LogP contribution < -0.4 is 5.32 Å². The number of rotatable bonds is 6. The average Bonchev–Trinajstić information content (AvgIpc) is 3.15. The highest BCUT2D eigenvalue weighted by molar-refractivity contribution is 6.03. The number of aromatic nitrogens is 1. The third kappa shape index (κ3) is 3.95. The fourth-order valence-corrected chi connectivity index (χ4v) is 2.48. The van der Waals surface area contributed by atoms with E-state index >= 15 is 0 Å². The number of benzene rings is 2. The molecule has 0 spiro atoms. The van der Waals surface area contributed by atoms with Crippen LogP contribution in [0.1, 0.15) is 34.1 Å². The number of amides is 1. The molecule has 138 valence electrons. The van der Waals surface area contributed by atoms with Crippen molar-refractivity contribution >= 4 is 34.6 Å². The van der Waals surface area contributed by atoms with E-state index in [4.69, 9.17) is 14.3 Å². The molecule has 0 aliphatic rings. The Bertz CT molecular complexity index is 993. The Kier molecular flexibility index (Phi) is 5.16. The van der Waals surface area contributed by atoms with Crippen molar-refractivity contribution in [1.82, 2.24) is 4.98 Å². The maximum Gasteiger partial charge on any atom is 0.341 e. The average molecular weight is 368 g/mol. The quantitative estimate of drug-likeness (QED) is 0.642. The number of para-hydroxylation sites is 1. The molecule has 2 aromatic carbocycles. The van der Waals surface area contributed by atoms with E-state index in [0.29, 0.717) is 16.8 Å². The lowest BCUT2D eigenvalue weighted by Crippen LogP contribution is -2.32. The fraction of sp³-hybridized carbons (Fsp3) is 0.158. The van der Waals surface area contributed by atoms with Gasteiger partial charge in [0, 0.05) is 5.69 Å². The van der Waals surface area contributed by atoms with E-state index in [0.717, 1.165) is 0 Å². The molecule has 1 heterocycles. The lowest BCUT2D eigenvalue weighted by Gasteiger charge is -2.16. The van der Waals surface area contributed by atoms with Gasteiger partial charge in [-0.25, -0.2) is 14.6 Å². The first-order chi connectivity index (χ1) is 13.0. The monoisotopic (exact) mass is 368 g/mol. The summed E-state index contributed by atoms with van der Waals surface area (Å²) in [6.07, 6.45) is 0.477. The van der Waals surface area contributed by atoms with Crippen molar-refractivity contribution in [3.63, 3.8) is 0 Å². The standard InChI is InChI=1S/C19H16N2O6/c1-2-14(17(22)21-12-8-6-11(7-9-12)18(23)24)27-19(25)13-4-3-5-15-16(13)20-10-26-15/h3-10,14H,2H2,1H3,(H,21,22)(H,23,24). The summed E-state index contributed by atoms with van der Waals surface area (Å²) < 4.78 is 10.5. The number of anilines is 1. The van der Waals surface area contributed by atoms with E-state index in [-0.39, 0.29) is 17.5 Å². The molecular formula is C19H16N2O6. The highest BCUT2D eigenvalue weighted by Crippen LogP contribution is 2.19. The molecule has 0 saturated carbocycles. The van der Waals surface area contributed by atoms with E-state index in [1.54, 1.807) is 25.1 Å². The molecule has 0 aliphatic heterocycles. The molecule has 2 N–H and O–H groups in total. The lowest BCUT2D eigenvalue weighted by molar-refractivity contribution is -0.124. The van der Waals surface area contributed by atoms with Crippen molar-refractivity contribution in [2.24, 2.45) is 0 Å². The molecule has 1 amide bonds. The van der Waals surface area contributed by atoms with E-state index in [9.17, 15) is 14.4 Å². The molecule has 1 atom stereocenters. The number of ether oxygens (including phenoxy) is 1. The summed E-state index contributed by atoms with van der Waals surface area (Å²) in [6, 6.07) is 10.5. The molecule has 0 fully saturated rings. The Morgan fingerprint density at radius 2 is 1.93 bits per heavy atom. The van der Waals surface area contributed by atoms with Crippen LogP contribution in [0.5, 0.6) is 0 Å². The summed E-state index contributed by atoms with van der Waals surface area (Å²) in [5.41, 5.74) is 1.52. The zero-order valence-electron chi connectivity index (χ0n) is 14.3. The van der Waals surface area contributed by atoms with E-state index in [1.165, 1.54) is 30.7 Å². The first-order valence-corrected chi connectivity index (χ1v) is 8.17. The Hall–Kier alpha value is -3.68. The first-order valence-electron chi connectivity index (χ1n) is 8.17. The van der Waals surface area contributed by atoms with Crippen LogP contribution in [0.25, 0.3) is 11.1 Å². The number of fused-ring (bicyclic) bond motifs is 1. The summed E-state index contributed by atoms with van der Waals surface area (Å²) in [7, 11) is 0. The van der Waals surface area contributed by atoms with Crippen molar-refractivity contribution < 1.29 is 28.6 Å². The van der Waals surface area contributed by atoms with Gasteiger partial charge in [0.15, 0.2) is 18.1 Å². The van der Waals surface area contributed by atoms with Gasteiger partial charge in [-0.1, -0.05) is 13.0 Å². The predicted octanol–water partition coefficient (Wildman–Crippen LogP) is 3.10. The smallest absolute Gasteiger partial charge is 0.341 e. The number of hydrogen-bond donors (Lipinski definition) is 2. The molecule has 0 radical (unpaired) electrons. The van der Waals surface area contributed by atoms with Gasteiger partial charge < -0.3 is 19.6 Å². The van der Waals surface area contributed by atoms with Gasteiger partial charge in [0.1, 0.15) is 5.52 Å². The molecule has 3 aromatic rings. The summed E-state index contributed by atoms with van der Waals surface area (Å²) in [4.78, 5) is 39.7. The minimum absolute atomic E-state index is 0.104. The van der Waals surface area contributed by atoms with Crippen molar-refractivity contribution in [2.75, 3.05) is 5.32 Å². The molecule has 1 aromatic heterocycles. The third-order valence-corrected chi connectivity index (χ3v) is 3.89. The van der Waals surface area contributed by atoms with Crippen LogP contribution in [-0.4, -0.2) is 34.0 Å². The molecule has 3 rings (SSSR count). The van der Waals surface area contributed by atoms with Gasteiger partial charge in [0.25, 0.3) is 5.91 Å². The molecular weight excluding hydrogens is 352 g/mol. The van der Waals surface area contributed by atoms with Crippen molar-refractivity contribution in [2.45, 2.75) is 19.4 Å². The van der Waals surface area contributed by atoms with Gasteiger partial charge in [-0.3, -0.25) is 4.79 Å². The minimum Gasteiger partial charge on any atom is -0.478 e. The number of carbonyl (C=O) groups is 3. The second-order valence-electron chi connectivity index (χ2n) is 5.68. The van der Waals surface area contributed by atoms with Crippen LogP contribution in [0.3, 0.4) is 0 Å². The normalized spacial score (nSPS) is 11.7. The predicted molar refractivity (Wildman–Crippen MR) is 95.5 cm³/mol. The highest BCUT2D eigenvalue weighted by atomic mass is 16.5. The van der Waals surface area contributed by atoms with Gasteiger partial charge in [-0.05, 0) is 42.8 Å². The molecule has 0 aliphatic carbocycles. The number of nitrogens with one attached hydrogen (secondary N) is 1. The fourth-order valence-electron chi connectivity index (χ4n) is 2.48. The van der Waals surface area contributed by atoms with Gasteiger partial charge >= 0.3 is 11.9 Å². The van der Waals surface area contributed by atoms with Crippen molar-refractivity contribution in [1.29, 1.82) is 0 Å². The molecule has 1 unspecified atom stereocenters. The second-order valence-corrected chi connectivity index (χ2v) is 5.68. The van der Waals surface area contributed by atoms with E-state index < -0.39 is 23.9 Å². The van der Waals surface area contributed by atoms with Gasteiger partial charge in [0.2, 0.25) is 0 Å². The van der Waals surface area contributed by atoms with Gasteiger partial charge in [0.05, 0.1) is 11.1 Å².